The SMILES string of the molecule is c1ccc(-c2cccc(-c3ccc(-c4nc(-c5ccccc5)nc(-n5c6ccccc6c6c7c8ccccc8n(-c8ccc9c%10ccccc%10c%10ccccc%10c9c8)c7ccc65)n4)cc3)c2)cc1. The van der Waals surface area contributed by atoms with Crippen LogP contribution >= 0.6 is 0 Å². The zero-order chi connectivity index (χ0) is 44.7. The van der Waals surface area contributed by atoms with Crippen LogP contribution in [0.3, 0.4) is 0 Å². The van der Waals surface area contributed by atoms with Gasteiger partial charge in [-0.05, 0) is 97.0 Å². The number of aromatic nitrogens is 5. The summed E-state index contributed by atoms with van der Waals surface area (Å²) in [4.78, 5) is 15.8. The van der Waals surface area contributed by atoms with Crippen LogP contribution in [0.5, 0.6) is 0 Å². The van der Waals surface area contributed by atoms with Crippen LogP contribution in [-0.4, -0.2) is 24.1 Å². The molecule has 0 N–H and O–H groups in total. The quantitative estimate of drug-likeness (QED) is 0.156. The maximum atomic E-state index is 5.33. The normalized spacial score (nSPS) is 11.8. The average Bonchev–Trinajstić information content (AvgIpc) is 3.94. The van der Waals surface area contributed by atoms with Crippen LogP contribution in [0, 0.1) is 0 Å². The topological polar surface area (TPSA) is 48.5 Å². The Morgan fingerprint density at radius 3 is 1.24 bits per heavy atom. The van der Waals surface area contributed by atoms with Gasteiger partial charge in [0.25, 0.3) is 0 Å². The molecule has 14 rings (SSSR count). The second-order valence-electron chi connectivity index (χ2n) is 17.6. The van der Waals surface area contributed by atoms with E-state index < -0.39 is 0 Å². The summed E-state index contributed by atoms with van der Waals surface area (Å²) in [6, 6.07) is 84.6. The molecule has 0 bridgehead atoms. The van der Waals surface area contributed by atoms with Gasteiger partial charge < -0.3 is 4.57 Å². The molecule has 0 radical (unpaired) electrons. The molecule has 11 aromatic carbocycles. The van der Waals surface area contributed by atoms with Gasteiger partial charge in [0.05, 0.1) is 22.1 Å². The molecule has 0 fully saturated rings. The van der Waals surface area contributed by atoms with E-state index in [0.717, 1.165) is 60.8 Å². The monoisotopic (exact) mass is 865 g/mol. The van der Waals surface area contributed by atoms with E-state index in [4.69, 9.17) is 15.0 Å². The highest BCUT2D eigenvalue weighted by atomic mass is 15.2. The first kappa shape index (κ1) is 38.1. The van der Waals surface area contributed by atoms with Crippen molar-refractivity contribution in [1.29, 1.82) is 0 Å². The number of para-hydroxylation sites is 2. The van der Waals surface area contributed by atoms with E-state index in [1.165, 1.54) is 54.2 Å². The van der Waals surface area contributed by atoms with Crippen LogP contribution in [0.25, 0.3) is 133 Å². The van der Waals surface area contributed by atoms with Gasteiger partial charge in [0.1, 0.15) is 0 Å². The van der Waals surface area contributed by atoms with E-state index in [0.29, 0.717) is 17.6 Å². The van der Waals surface area contributed by atoms with E-state index in [1.807, 2.05) is 18.2 Å². The van der Waals surface area contributed by atoms with Crippen molar-refractivity contribution in [2.45, 2.75) is 0 Å². The van der Waals surface area contributed by atoms with Crippen molar-refractivity contribution in [3.63, 3.8) is 0 Å². The first-order chi connectivity index (χ1) is 33.7. The Hall–Kier alpha value is -9.19. The fourth-order valence-electron chi connectivity index (χ4n) is 10.7. The number of fused-ring (bicyclic) bond motifs is 13. The van der Waals surface area contributed by atoms with E-state index >= 15 is 0 Å². The molecule has 0 atom stereocenters. The summed E-state index contributed by atoms with van der Waals surface area (Å²) in [7, 11) is 0. The molecule has 0 spiro atoms. The molecule has 0 saturated carbocycles. The van der Waals surface area contributed by atoms with Gasteiger partial charge in [0, 0.05) is 38.4 Å². The van der Waals surface area contributed by atoms with Gasteiger partial charge in [-0.1, -0.05) is 194 Å². The molecule has 0 saturated heterocycles. The largest absolute Gasteiger partial charge is 0.309 e. The van der Waals surface area contributed by atoms with Gasteiger partial charge in [-0.2, -0.15) is 9.97 Å². The highest BCUT2D eigenvalue weighted by Crippen LogP contribution is 2.44. The molecule has 14 aromatic rings. The Labute approximate surface area is 391 Å². The molecule has 5 nitrogen and oxygen atoms in total. The van der Waals surface area contributed by atoms with Gasteiger partial charge in [0.15, 0.2) is 11.6 Å². The van der Waals surface area contributed by atoms with Crippen molar-refractivity contribution in [2.24, 2.45) is 0 Å². The lowest BCUT2D eigenvalue weighted by atomic mass is 9.94. The molecule has 5 heteroatoms. The summed E-state index contributed by atoms with van der Waals surface area (Å²) in [6.45, 7) is 0. The van der Waals surface area contributed by atoms with Crippen LogP contribution in [0.2, 0.25) is 0 Å². The number of benzene rings is 11. The third-order valence-corrected chi connectivity index (χ3v) is 13.8. The van der Waals surface area contributed by atoms with Gasteiger partial charge in [0.2, 0.25) is 5.95 Å². The maximum Gasteiger partial charge on any atom is 0.238 e. The van der Waals surface area contributed by atoms with Crippen molar-refractivity contribution in [3.8, 4) is 56.7 Å². The minimum absolute atomic E-state index is 0.566. The highest BCUT2D eigenvalue weighted by molar-refractivity contribution is 6.29. The van der Waals surface area contributed by atoms with Gasteiger partial charge >= 0.3 is 0 Å². The van der Waals surface area contributed by atoms with E-state index in [2.05, 4.69) is 228 Å². The molecule has 3 aromatic heterocycles. The van der Waals surface area contributed by atoms with Crippen LogP contribution < -0.4 is 0 Å². The first-order valence-electron chi connectivity index (χ1n) is 23.1. The van der Waals surface area contributed by atoms with E-state index in [1.54, 1.807) is 0 Å². The lowest BCUT2D eigenvalue weighted by Crippen LogP contribution is -2.06. The fraction of sp³-hybridized carbons (Fsp3) is 0. The van der Waals surface area contributed by atoms with Crippen LogP contribution in [0.4, 0.5) is 0 Å². The zero-order valence-electron chi connectivity index (χ0n) is 36.8. The first-order valence-corrected chi connectivity index (χ1v) is 23.1. The summed E-state index contributed by atoms with van der Waals surface area (Å²) < 4.78 is 4.67. The lowest BCUT2D eigenvalue weighted by molar-refractivity contribution is 0.953. The summed E-state index contributed by atoms with van der Waals surface area (Å²) >= 11 is 0. The number of nitrogens with zero attached hydrogens (tertiary/aromatic N) is 5. The van der Waals surface area contributed by atoms with Gasteiger partial charge in [-0.3, -0.25) is 4.57 Å². The molecular formula is C63H39N5. The Balaban J connectivity index is 0.967. The summed E-state index contributed by atoms with van der Waals surface area (Å²) in [5, 5.41) is 12.2. The van der Waals surface area contributed by atoms with Crippen molar-refractivity contribution in [1.82, 2.24) is 24.1 Å². The average molecular weight is 866 g/mol. The molecule has 0 aliphatic rings. The molecule has 3 heterocycles. The second kappa shape index (κ2) is 15.2. The molecule has 0 amide bonds. The van der Waals surface area contributed by atoms with Gasteiger partial charge in [-0.25, -0.2) is 4.98 Å². The molecule has 68 heavy (non-hydrogen) atoms. The summed E-state index contributed by atoms with van der Waals surface area (Å²) in [5.74, 6) is 1.79. The van der Waals surface area contributed by atoms with Crippen LogP contribution in [-0.2, 0) is 0 Å². The predicted molar refractivity (Wildman–Crippen MR) is 283 cm³/mol. The number of hydrogen-bond donors (Lipinski definition) is 0. The molecule has 0 aliphatic carbocycles. The van der Waals surface area contributed by atoms with E-state index in [-0.39, 0.29) is 0 Å². The minimum atomic E-state index is 0.566. The Bertz CT molecular complexity index is 4270. The second-order valence-corrected chi connectivity index (χ2v) is 17.6. The van der Waals surface area contributed by atoms with Crippen LogP contribution in [0.1, 0.15) is 0 Å². The lowest BCUT2D eigenvalue weighted by Gasteiger charge is -2.14. The third-order valence-electron chi connectivity index (χ3n) is 13.8. The number of hydrogen-bond acceptors (Lipinski definition) is 3. The molecule has 0 unspecified atom stereocenters. The van der Waals surface area contributed by atoms with Crippen LogP contribution in [0.15, 0.2) is 237 Å². The van der Waals surface area contributed by atoms with E-state index in [9.17, 15) is 0 Å². The standard InChI is InChI=1S/C63H39N5/c1-3-16-40(17-4-1)44-20-15-21-45(38-44)41-30-32-43(33-31-41)62-64-61(42-18-5-2-6-19-42)65-63(66-62)68-56-29-14-12-27-53(56)60-58(68)37-36-57-59(60)52-26-11-13-28-55(52)67(57)46-34-35-51-49-24-8-7-22-47(49)48-23-9-10-25-50(48)54(51)39-46/h1-39H. The van der Waals surface area contributed by atoms with Crippen molar-refractivity contribution in [2.75, 3.05) is 0 Å². The maximum absolute atomic E-state index is 5.33. The zero-order valence-corrected chi connectivity index (χ0v) is 36.8. The minimum Gasteiger partial charge on any atom is -0.309 e. The highest BCUT2D eigenvalue weighted by Gasteiger charge is 2.23. The summed E-state index contributed by atoms with van der Waals surface area (Å²) in [5.41, 5.74) is 12.0. The van der Waals surface area contributed by atoms with Crippen molar-refractivity contribution in [3.05, 3.63) is 237 Å². The Morgan fingerprint density at radius 1 is 0.235 bits per heavy atom. The van der Waals surface area contributed by atoms with Gasteiger partial charge in [-0.15, -0.1) is 0 Å². The third kappa shape index (κ3) is 5.93. The Morgan fingerprint density at radius 2 is 0.647 bits per heavy atom. The van der Waals surface area contributed by atoms with Crippen molar-refractivity contribution >= 4 is 75.9 Å². The molecular weight excluding hydrogens is 827 g/mol. The van der Waals surface area contributed by atoms with Crippen molar-refractivity contribution < 1.29 is 0 Å². The number of rotatable bonds is 6. The smallest absolute Gasteiger partial charge is 0.238 e. The fourth-order valence-corrected chi connectivity index (χ4v) is 10.7. The molecule has 0 aliphatic heterocycles. The predicted octanol–water partition coefficient (Wildman–Crippen LogP) is 16.2. The Kier molecular flexibility index (Phi) is 8.52. The molecule has 316 valence electrons. The summed E-state index contributed by atoms with van der Waals surface area (Å²) in [6.07, 6.45) is 0.